The molecule has 1 aliphatic heterocycles. The van der Waals surface area contributed by atoms with Crippen molar-refractivity contribution in [2.75, 3.05) is 39.3 Å². The van der Waals surface area contributed by atoms with Crippen molar-refractivity contribution >= 4 is 27.3 Å². The summed E-state index contributed by atoms with van der Waals surface area (Å²) < 4.78 is 25.4. The Hall–Kier alpha value is -1.15. The smallest absolute Gasteiger partial charge is 0.244 e. The lowest BCUT2D eigenvalue weighted by Crippen LogP contribution is -2.57. The van der Waals surface area contributed by atoms with Crippen LogP contribution in [-0.2, 0) is 14.6 Å². The van der Waals surface area contributed by atoms with Crippen LogP contribution in [0.3, 0.4) is 0 Å². The van der Waals surface area contributed by atoms with Gasteiger partial charge in [-0.1, -0.05) is 24.4 Å². The van der Waals surface area contributed by atoms with Crippen molar-refractivity contribution in [2.45, 2.75) is 35.3 Å². The van der Waals surface area contributed by atoms with Crippen molar-refractivity contribution in [1.29, 1.82) is 0 Å². The SMILES string of the molecule is O=C(N1CCN(CCO)CC1)C1(S(=O)(=O)c2ccc(Cl)cc2)CCCC1. The van der Waals surface area contributed by atoms with E-state index >= 15 is 0 Å². The highest BCUT2D eigenvalue weighted by Crippen LogP contribution is 2.42. The Morgan fingerprint density at radius 2 is 1.65 bits per heavy atom. The van der Waals surface area contributed by atoms with Gasteiger partial charge in [-0.2, -0.15) is 0 Å². The molecule has 2 aliphatic rings. The number of β-amino-alcohol motifs (C(OH)–C–C–N with tert-alkyl or cyclic N) is 1. The monoisotopic (exact) mass is 400 g/mol. The minimum absolute atomic E-state index is 0.0861. The number of carbonyl (C=O) groups excluding carboxylic acids is 1. The maximum atomic E-state index is 13.4. The molecule has 0 aromatic heterocycles. The first-order valence-corrected chi connectivity index (χ1v) is 10.9. The normalized spacial score (nSPS) is 21.1. The largest absolute Gasteiger partial charge is 0.395 e. The minimum Gasteiger partial charge on any atom is -0.395 e. The van der Waals surface area contributed by atoms with Gasteiger partial charge in [-0.15, -0.1) is 0 Å². The van der Waals surface area contributed by atoms with Crippen LogP contribution >= 0.6 is 11.6 Å². The second-order valence-electron chi connectivity index (χ2n) is 7.02. The highest BCUT2D eigenvalue weighted by Gasteiger charge is 2.54. The molecule has 8 heteroatoms. The van der Waals surface area contributed by atoms with E-state index < -0.39 is 14.6 Å². The maximum Gasteiger partial charge on any atom is 0.244 e. The molecule has 6 nitrogen and oxygen atoms in total. The Kier molecular flexibility index (Phi) is 5.91. The molecule has 0 unspecified atom stereocenters. The van der Waals surface area contributed by atoms with Gasteiger partial charge in [-0.3, -0.25) is 9.69 Å². The zero-order chi connectivity index (χ0) is 18.8. The predicted octanol–water partition coefficient (Wildman–Crippen LogP) is 1.56. The molecule has 0 bridgehead atoms. The summed E-state index contributed by atoms with van der Waals surface area (Å²) in [6.07, 6.45) is 2.22. The predicted molar refractivity (Wildman–Crippen MR) is 99.9 cm³/mol. The van der Waals surface area contributed by atoms with E-state index in [4.69, 9.17) is 16.7 Å². The van der Waals surface area contributed by atoms with Gasteiger partial charge in [0.2, 0.25) is 5.91 Å². The number of benzene rings is 1. The molecule has 1 aromatic rings. The van der Waals surface area contributed by atoms with Gasteiger partial charge in [0.25, 0.3) is 0 Å². The summed E-state index contributed by atoms with van der Waals surface area (Å²) in [4.78, 5) is 17.3. The number of halogens is 1. The fourth-order valence-electron chi connectivity index (χ4n) is 3.99. The average molecular weight is 401 g/mol. The molecule has 0 spiro atoms. The molecular weight excluding hydrogens is 376 g/mol. The van der Waals surface area contributed by atoms with Gasteiger partial charge in [-0.05, 0) is 37.1 Å². The quantitative estimate of drug-likeness (QED) is 0.811. The highest BCUT2D eigenvalue weighted by atomic mass is 35.5. The highest BCUT2D eigenvalue weighted by molar-refractivity contribution is 7.93. The first kappa shape index (κ1) is 19.6. The van der Waals surface area contributed by atoms with Crippen molar-refractivity contribution in [2.24, 2.45) is 0 Å². The van der Waals surface area contributed by atoms with Crippen molar-refractivity contribution in [1.82, 2.24) is 9.80 Å². The second kappa shape index (κ2) is 7.84. The Bertz CT molecular complexity index is 737. The van der Waals surface area contributed by atoms with E-state index in [2.05, 4.69) is 4.90 Å². The first-order valence-electron chi connectivity index (χ1n) is 9.03. The van der Waals surface area contributed by atoms with Crippen LogP contribution < -0.4 is 0 Å². The Labute approximate surface area is 159 Å². The number of hydrogen-bond acceptors (Lipinski definition) is 5. The van der Waals surface area contributed by atoms with Gasteiger partial charge < -0.3 is 10.0 Å². The fraction of sp³-hybridized carbons (Fsp3) is 0.611. The van der Waals surface area contributed by atoms with Crippen LogP contribution in [0.15, 0.2) is 29.2 Å². The third-order valence-corrected chi connectivity index (χ3v) is 8.27. The summed E-state index contributed by atoms with van der Waals surface area (Å²) in [5, 5.41) is 9.52. The minimum atomic E-state index is -3.79. The number of piperazine rings is 1. The van der Waals surface area contributed by atoms with E-state index in [0.717, 1.165) is 12.8 Å². The zero-order valence-electron chi connectivity index (χ0n) is 14.7. The van der Waals surface area contributed by atoms with Crippen LogP contribution in [0.5, 0.6) is 0 Å². The lowest BCUT2D eigenvalue weighted by atomic mass is 10.0. The van der Waals surface area contributed by atoms with E-state index in [9.17, 15) is 13.2 Å². The van der Waals surface area contributed by atoms with Crippen LogP contribution in [0.2, 0.25) is 5.02 Å². The molecule has 1 saturated heterocycles. The van der Waals surface area contributed by atoms with Gasteiger partial charge >= 0.3 is 0 Å². The van der Waals surface area contributed by atoms with Crippen LogP contribution in [0.25, 0.3) is 0 Å². The van der Waals surface area contributed by atoms with Crippen LogP contribution in [0.1, 0.15) is 25.7 Å². The number of aliphatic hydroxyl groups excluding tert-OH is 1. The van der Waals surface area contributed by atoms with Crippen LogP contribution in [0.4, 0.5) is 0 Å². The van der Waals surface area contributed by atoms with Gasteiger partial charge in [0.15, 0.2) is 14.6 Å². The van der Waals surface area contributed by atoms with E-state index in [1.54, 1.807) is 17.0 Å². The molecule has 26 heavy (non-hydrogen) atoms. The molecule has 2 fully saturated rings. The lowest BCUT2D eigenvalue weighted by Gasteiger charge is -2.39. The number of rotatable bonds is 5. The number of hydrogen-bond donors (Lipinski definition) is 1. The van der Waals surface area contributed by atoms with E-state index in [1.165, 1.54) is 12.1 Å². The summed E-state index contributed by atoms with van der Waals surface area (Å²) in [5.41, 5.74) is 0. The van der Waals surface area contributed by atoms with Crippen molar-refractivity contribution in [3.63, 3.8) is 0 Å². The van der Waals surface area contributed by atoms with Gasteiger partial charge in [-0.25, -0.2) is 8.42 Å². The number of aliphatic hydroxyl groups is 1. The maximum absolute atomic E-state index is 13.4. The Morgan fingerprint density at radius 1 is 1.08 bits per heavy atom. The molecule has 1 aliphatic carbocycles. The van der Waals surface area contributed by atoms with Crippen molar-refractivity contribution in [3.05, 3.63) is 29.3 Å². The lowest BCUT2D eigenvalue weighted by molar-refractivity contribution is -0.135. The van der Waals surface area contributed by atoms with Gasteiger partial charge in [0, 0.05) is 37.7 Å². The van der Waals surface area contributed by atoms with Gasteiger partial charge in [0.1, 0.15) is 0 Å². The van der Waals surface area contributed by atoms with Crippen LogP contribution in [-0.4, -0.2) is 73.3 Å². The average Bonchev–Trinajstić information content (AvgIpc) is 3.14. The summed E-state index contributed by atoms with van der Waals surface area (Å²) in [6.45, 7) is 2.97. The van der Waals surface area contributed by atoms with Gasteiger partial charge in [0.05, 0.1) is 11.5 Å². The van der Waals surface area contributed by atoms with E-state index in [1.807, 2.05) is 0 Å². The molecule has 0 atom stereocenters. The zero-order valence-corrected chi connectivity index (χ0v) is 16.3. The van der Waals surface area contributed by atoms with E-state index in [0.29, 0.717) is 50.6 Å². The number of nitrogens with zero attached hydrogens (tertiary/aromatic N) is 2. The molecule has 144 valence electrons. The topological polar surface area (TPSA) is 77.9 Å². The van der Waals surface area contributed by atoms with Crippen LogP contribution in [0, 0.1) is 0 Å². The molecule has 1 saturated carbocycles. The molecule has 1 N–H and O–H groups in total. The first-order chi connectivity index (χ1) is 12.4. The third kappa shape index (κ3) is 3.50. The molecule has 3 rings (SSSR count). The molecule has 1 aromatic carbocycles. The Balaban J connectivity index is 1.86. The number of sulfone groups is 1. The molecular formula is C18H25ClN2O4S. The molecule has 0 radical (unpaired) electrons. The fourth-order valence-corrected chi connectivity index (χ4v) is 6.24. The van der Waals surface area contributed by atoms with Crippen molar-refractivity contribution < 1.29 is 18.3 Å². The molecule has 1 heterocycles. The van der Waals surface area contributed by atoms with Crippen molar-refractivity contribution in [3.8, 4) is 0 Å². The second-order valence-corrected chi connectivity index (χ2v) is 9.71. The third-order valence-electron chi connectivity index (χ3n) is 5.52. The molecule has 1 amide bonds. The van der Waals surface area contributed by atoms with E-state index in [-0.39, 0.29) is 17.4 Å². The number of carbonyl (C=O) groups is 1. The Morgan fingerprint density at radius 3 is 2.19 bits per heavy atom. The standard InChI is InChI=1S/C18H25ClN2O4S/c19-15-3-5-16(6-4-15)26(24,25)18(7-1-2-8-18)17(23)21-11-9-20(10-12-21)13-14-22/h3-6,22H,1-2,7-14H2. The summed E-state index contributed by atoms with van der Waals surface area (Å²) in [5.74, 6) is -0.270. The summed E-state index contributed by atoms with van der Waals surface area (Å²) in [7, 11) is -3.79. The number of amides is 1. The summed E-state index contributed by atoms with van der Waals surface area (Å²) >= 11 is 5.89. The summed E-state index contributed by atoms with van der Waals surface area (Å²) in [6, 6.07) is 6.08.